The minimum Gasteiger partial charge on any atom is -0.392 e. The van der Waals surface area contributed by atoms with Gasteiger partial charge in [0.15, 0.2) is 5.78 Å². The molecule has 0 spiro atoms. The largest absolute Gasteiger partial charge is 0.392 e. The maximum Gasteiger partial charge on any atom is 0.164 e. The fourth-order valence-corrected chi connectivity index (χ4v) is 1.40. The maximum atomic E-state index is 11.5. The van der Waals surface area contributed by atoms with Gasteiger partial charge in [0.1, 0.15) is 0 Å². The number of carbonyl (C=O) groups excluding carboxylic acids is 1. The van der Waals surface area contributed by atoms with Crippen molar-refractivity contribution in [1.82, 2.24) is 4.57 Å². The molecule has 3 nitrogen and oxygen atoms in total. The molecule has 0 aromatic carbocycles. The van der Waals surface area contributed by atoms with E-state index in [2.05, 4.69) is 0 Å². The first-order chi connectivity index (χ1) is 6.63. The summed E-state index contributed by atoms with van der Waals surface area (Å²) >= 11 is 0. The van der Waals surface area contributed by atoms with Gasteiger partial charge < -0.3 is 9.67 Å². The number of hydrogen-bond donors (Lipinski definition) is 1. The van der Waals surface area contributed by atoms with E-state index in [0.29, 0.717) is 13.0 Å². The van der Waals surface area contributed by atoms with E-state index >= 15 is 0 Å². The molecule has 0 fully saturated rings. The van der Waals surface area contributed by atoms with Gasteiger partial charge in [-0.15, -0.1) is 0 Å². The Morgan fingerprint density at radius 2 is 2.36 bits per heavy atom. The predicted octanol–water partition coefficient (Wildman–Crippen LogP) is 1.85. The van der Waals surface area contributed by atoms with E-state index < -0.39 is 0 Å². The number of hydrogen-bond acceptors (Lipinski definition) is 2. The summed E-state index contributed by atoms with van der Waals surface area (Å²) in [7, 11) is 0. The SMILES string of the molecule is CCCC(=O)c1ccn(CC(C)O)c1. The topological polar surface area (TPSA) is 42.2 Å². The van der Waals surface area contributed by atoms with Gasteiger partial charge in [-0.1, -0.05) is 6.92 Å². The lowest BCUT2D eigenvalue weighted by Crippen LogP contribution is -2.09. The number of rotatable bonds is 5. The molecule has 1 unspecified atom stereocenters. The Morgan fingerprint density at radius 3 is 2.93 bits per heavy atom. The van der Waals surface area contributed by atoms with Crippen molar-refractivity contribution in [2.45, 2.75) is 39.3 Å². The van der Waals surface area contributed by atoms with Crippen LogP contribution in [0.5, 0.6) is 0 Å². The molecule has 0 aliphatic rings. The lowest BCUT2D eigenvalue weighted by molar-refractivity contribution is 0.0981. The summed E-state index contributed by atoms with van der Waals surface area (Å²) in [5, 5.41) is 9.15. The third-order valence-corrected chi connectivity index (χ3v) is 2.02. The van der Waals surface area contributed by atoms with Crippen molar-refractivity contribution in [2.75, 3.05) is 0 Å². The van der Waals surface area contributed by atoms with E-state index in [1.807, 2.05) is 17.7 Å². The smallest absolute Gasteiger partial charge is 0.164 e. The predicted molar refractivity (Wildman–Crippen MR) is 55.4 cm³/mol. The number of ketones is 1. The Morgan fingerprint density at radius 1 is 1.64 bits per heavy atom. The van der Waals surface area contributed by atoms with Crippen molar-refractivity contribution in [2.24, 2.45) is 0 Å². The van der Waals surface area contributed by atoms with Crippen LogP contribution >= 0.6 is 0 Å². The Labute approximate surface area is 84.4 Å². The molecule has 3 heteroatoms. The molecule has 1 atom stereocenters. The number of aliphatic hydroxyl groups excluding tert-OH is 1. The zero-order valence-electron chi connectivity index (χ0n) is 8.73. The normalized spacial score (nSPS) is 12.8. The summed E-state index contributed by atoms with van der Waals surface area (Å²) in [6.07, 6.45) is 4.72. The van der Waals surface area contributed by atoms with Crippen LogP contribution in [-0.4, -0.2) is 21.6 Å². The lowest BCUT2D eigenvalue weighted by Gasteiger charge is -2.04. The second-order valence-corrected chi connectivity index (χ2v) is 3.62. The van der Waals surface area contributed by atoms with Crippen LogP contribution in [-0.2, 0) is 6.54 Å². The van der Waals surface area contributed by atoms with Gasteiger partial charge in [0.25, 0.3) is 0 Å². The second kappa shape index (κ2) is 4.96. The van der Waals surface area contributed by atoms with Crippen LogP contribution in [0.15, 0.2) is 18.5 Å². The van der Waals surface area contributed by atoms with Crippen LogP contribution in [0.3, 0.4) is 0 Å². The van der Waals surface area contributed by atoms with Gasteiger partial charge in [-0.25, -0.2) is 0 Å². The number of aliphatic hydroxyl groups is 1. The Kier molecular flexibility index (Phi) is 3.89. The standard InChI is InChI=1S/C11H17NO2/c1-3-4-11(14)10-5-6-12(8-10)7-9(2)13/h5-6,8-9,13H,3-4,7H2,1-2H3. The number of carbonyl (C=O) groups is 1. The van der Waals surface area contributed by atoms with Gasteiger partial charge in [-0.2, -0.15) is 0 Å². The molecule has 1 N–H and O–H groups in total. The zero-order valence-corrected chi connectivity index (χ0v) is 8.73. The van der Waals surface area contributed by atoms with Gasteiger partial charge in [0.05, 0.1) is 6.10 Å². The van der Waals surface area contributed by atoms with Gasteiger partial charge >= 0.3 is 0 Å². The molecular weight excluding hydrogens is 178 g/mol. The van der Waals surface area contributed by atoms with E-state index in [1.165, 1.54) is 0 Å². The number of aromatic nitrogens is 1. The molecular formula is C11H17NO2. The molecule has 0 radical (unpaired) electrons. The molecule has 0 aliphatic carbocycles. The Balaban J connectivity index is 2.63. The van der Waals surface area contributed by atoms with Crippen LogP contribution in [0.2, 0.25) is 0 Å². The van der Waals surface area contributed by atoms with Gasteiger partial charge in [-0.3, -0.25) is 4.79 Å². The first-order valence-electron chi connectivity index (χ1n) is 5.00. The van der Waals surface area contributed by atoms with Crippen LogP contribution in [0.1, 0.15) is 37.0 Å². The quantitative estimate of drug-likeness (QED) is 0.728. The second-order valence-electron chi connectivity index (χ2n) is 3.62. The summed E-state index contributed by atoms with van der Waals surface area (Å²) in [6.45, 7) is 4.26. The van der Waals surface area contributed by atoms with Gasteiger partial charge in [0, 0.05) is 30.9 Å². The molecule has 1 aromatic heterocycles. The molecule has 1 rings (SSSR count). The van der Waals surface area contributed by atoms with Crippen molar-refractivity contribution >= 4 is 5.78 Å². The summed E-state index contributed by atoms with van der Waals surface area (Å²) in [4.78, 5) is 11.5. The third kappa shape index (κ3) is 3.00. The van der Waals surface area contributed by atoms with E-state index in [4.69, 9.17) is 5.11 Å². The molecule has 0 bridgehead atoms. The Bertz CT molecular complexity index is 302. The lowest BCUT2D eigenvalue weighted by atomic mass is 10.1. The highest BCUT2D eigenvalue weighted by Gasteiger charge is 2.06. The highest BCUT2D eigenvalue weighted by molar-refractivity contribution is 5.95. The molecule has 0 aliphatic heterocycles. The minimum absolute atomic E-state index is 0.178. The number of nitrogens with zero attached hydrogens (tertiary/aromatic N) is 1. The van der Waals surface area contributed by atoms with Crippen molar-refractivity contribution in [3.05, 3.63) is 24.0 Å². The van der Waals surface area contributed by atoms with Crippen LogP contribution in [0, 0.1) is 0 Å². The van der Waals surface area contributed by atoms with Gasteiger partial charge in [-0.05, 0) is 19.4 Å². The van der Waals surface area contributed by atoms with Crippen LogP contribution in [0.25, 0.3) is 0 Å². The highest BCUT2D eigenvalue weighted by Crippen LogP contribution is 2.07. The van der Waals surface area contributed by atoms with Crippen molar-refractivity contribution in [3.8, 4) is 0 Å². The molecule has 14 heavy (non-hydrogen) atoms. The summed E-state index contributed by atoms with van der Waals surface area (Å²) in [5.74, 6) is 0.178. The van der Waals surface area contributed by atoms with Crippen LogP contribution in [0.4, 0.5) is 0 Å². The van der Waals surface area contributed by atoms with E-state index in [1.54, 1.807) is 19.2 Å². The third-order valence-electron chi connectivity index (χ3n) is 2.02. The average Bonchev–Trinajstić information content (AvgIpc) is 2.52. The number of Topliss-reactive ketones (excluding diaryl/α,β-unsaturated/α-hetero) is 1. The summed E-state index contributed by atoms with van der Waals surface area (Å²) < 4.78 is 1.84. The fraction of sp³-hybridized carbons (Fsp3) is 0.545. The zero-order chi connectivity index (χ0) is 10.6. The van der Waals surface area contributed by atoms with Crippen molar-refractivity contribution in [1.29, 1.82) is 0 Å². The van der Waals surface area contributed by atoms with Gasteiger partial charge in [0.2, 0.25) is 0 Å². The molecule has 1 aromatic rings. The monoisotopic (exact) mass is 195 g/mol. The first kappa shape index (κ1) is 11.0. The minimum atomic E-state index is -0.378. The van der Waals surface area contributed by atoms with Crippen molar-refractivity contribution < 1.29 is 9.90 Å². The summed E-state index contributed by atoms with van der Waals surface area (Å²) in [6, 6.07) is 1.81. The Hall–Kier alpha value is -1.09. The molecule has 78 valence electrons. The average molecular weight is 195 g/mol. The van der Waals surface area contributed by atoms with E-state index in [-0.39, 0.29) is 11.9 Å². The highest BCUT2D eigenvalue weighted by atomic mass is 16.3. The maximum absolute atomic E-state index is 11.5. The van der Waals surface area contributed by atoms with E-state index in [0.717, 1.165) is 12.0 Å². The van der Waals surface area contributed by atoms with E-state index in [9.17, 15) is 4.79 Å². The summed E-state index contributed by atoms with van der Waals surface area (Å²) in [5.41, 5.74) is 0.743. The molecule has 0 amide bonds. The molecule has 1 heterocycles. The first-order valence-corrected chi connectivity index (χ1v) is 5.00. The molecule has 0 saturated heterocycles. The fourth-order valence-electron chi connectivity index (χ4n) is 1.40. The van der Waals surface area contributed by atoms with Crippen LogP contribution < -0.4 is 0 Å². The van der Waals surface area contributed by atoms with Crippen molar-refractivity contribution in [3.63, 3.8) is 0 Å². The molecule has 0 saturated carbocycles.